The van der Waals surface area contributed by atoms with Crippen molar-refractivity contribution in [3.8, 4) is 17.2 Å². The summed E-state index contributed by atoms with van der Waals surface area (Å²) < 4.78 is 34.3. The number of carbonyl (C=O) groups is 1. The van der Waals surface area contributed by atoms with E-state index >= 15 is 0 Å². The maximum atomic E-state index is 13.5. The highest BCUT2D eigenvalue weighted by Gasteiger charge is 2.16. The second kappa shape index (κ2) is 7.49. The summed E-state index contributed by atoms with van der Waals surface area (Å²) in [4.78, 5) is 11.9. The summed E-state index contributed by atoms with van der Waals surface area (Å²) in [6.07, 6.45) is 0. The van der Waals surface area contributed by atoms with Crippen LogP contribution >= 0.6 is 0 Å². The average molecular weight is 320 g/mol. The van der Waals surface area contributed by atoms with Crippen molar-refractivity contribution >= 4 is 5.97 Å². The third-order valence-electron chi connectivity index (χ3n) is 3.19. The fourth-order valence-electron chi connectivity index (χ4n) is 2.07. The van der Waals surface area contributed by atoms with Gasteiger partial charge in [0.1, 0.15) is 12.4 Å². The molecule has 6 heteroatoms. The molecular weight excluding hydrogens is 303 g/mol. The molecule has 0 N–H and O–H groups in total. The molecule has 2 aromatic rings. The summed E-state index contributed by atoms with van der Waals surface area (Å²) in [6, 6.07) is 8.97. The van der Waals surface area contributed by atoms with E-state index in [9.17, 15) is 9.18 Å². The predicted octanol–water partition coefficient (Wildman–Crippen LogP) is 3.21. The molecule has 2 rings (SSSR count). The Morgan fingerprint density at radius 3 is 2.13 bits per heavy atom. The van der Waals surface area contributed by atoms with Gasteiger partial charge in [-0.3, -0.25) is 0 Å². The number of halogens is 1. The summed E-state index contributed by atoms with van der Waals surface area (Å²) in [6.45, 7) is -0.0517. The molecule has 2 aromatic carbocycles. The van der Waals surface area contributed by atoms with E-state index < -0.39 is 11.8 Å². The van der Waals surface area contributed by atoms with Crippen LogP contribution in [0.5, 0.6) is 17.2 Å². The van der Waals surface area contributed by atoms with Crippen LogP contribution in [0.4, 0.5) is 4.39 Å². The molecule has 0 bridgehead atoms. The summed E-state index contributed by atoms with van der Waals surface area (Å²) in [5, 5.41) is 0. The van der Waals surface area contributed by atoms with Crippen LogP contribution in [-0.4, -0.2) is 27.3 Å². The molecule has 0 radical (unpaired) electrons. The van der Waals surface area contributed by atoms with Gasteiger partial charge in [0, 0.05) is 0 Å². The summed E-state index contributed by atoms with van der Waals surface area (Å²) in [7, 11) is 4.48. The molecule has 0 amide bonds. The largest absolute Gasteiger partial charge is 0.493 e. The minimum atomic E-state index is -0.739. The zero-order valence-corrected chi connectivity index (χ0v) is 13.1. The highest BCUT2D eigenvalue weighted by atomic mass is 19.1. The molecule has 0 atom stereocenters. The topological polar surface area (TPSA) is 54.0 Å². The Labute approximate surface area is 133 Å². The molecule has 0 fully saturated rings. The molecule has 0 saturated heterocycles. The number of ether oxygens (including phenoxy) is 4. The van der Waals surface area contributed by atoms with E-state index in [0.717, 1.165) is 0 Å². The van der Waals surface area contributed by atoms with Gasteiger partial charge in [-0.05, 0) is 29.8 Å². The normalized spacial score (nSPS) is 10.1. The number of esters is 1. The van der Waals surface area contributed by atoms with Gasteiger partial charge >= 0.3 is 5.97 Å². The second-order valence-electron chi connectivity index (χ2n) is 4.59. The number of rotatable bonds is 6. The number of benzene rings is 2. The Bertz CT molecular complexity index is 674. The standard InChI is InChI=1S/C17H17FO5/c1-20-14-8-11(9-15(21-2)16(14)22-3)10-23-17(19)12-6-4-5-7-13(12)18/h4-9H,10H2,1-3H3. The highest BCUT2D eigenvalue weighted by Crippen LogP contribution is 2.38. The Balaban J connectivity index is 2.17. The van der Waals surface area contributed by atoms with E-state index in [1.54, 1.807) is 18.2 Å². The molecule has 0 heterocycles. The van der Waals surface area contributed by atoms with Crippen LogP contribution in [0.25, 0.3) is 0 Å². The van der Waals surface area contributed by atoms with Gasteiger partial charge in [-0.1, -0.05) is 12.1 Å². The molecule has 23 heavy (non-hydrogen) atoms. The fourth-order valence-corrected chi connectivity index (χ4v) is 2.07. The molecule has 0 saturated carbocycles. The molecule has 0 spiro atoms. The van der Waals surface area contributed by atoms with Gasteiger partial charge in [-0.25, -0.2) is 9.18 Å². The van der Waals surface area contributed by atoms with E-state index in [1.165, 1.54) is 39.5 Å². The fraction of sp³-hybridized carbons (Fsp3) is 0.235. The molecule has 122 valence electrons. The van der Waals surface area contributed by atoms with Crippen molar-refractivity contribution in [2.45, 2.75) is 6.61 Å². The van der Waals surface area contributed by atoms with Crippen LogP contribution in [0.1, 0.15) is 15.9 Å². The lowest BCUT2D eigenvalue weighted by molar-refractivity contribution is 0.0466. The summed E-state index contributed by atoms with van der Waals surface area (Å²) in [5.41, 5.74) is 0.518. The SMILES string of the molecule is COc1cc(COC(=O)c2ccccc2F)cc(OC)c1OC. The number of carbonyl (C=O) groups excluding carboxylic acids is 1. The third-order valence-corrected chi connectivity index (χ3v) is 3.19. The second-order valence-corrected chi connectivity index (χ2v) is 4.59. The van der Waals surface area contributed by atoms with Crippen molar-refractivity contribution in [2.75, 3.05) is 21.3 Å². The lowest BCUT2D eigenvalue weighted by atomic mass is 10.2. The quantitative estimate of drug-likeness (QED) is 0.765. The van der Waals surface area contributed by atoms with E-state index in [4.69, 9.17) is 18.9 Å². The zero-order chi connectivity index (χ0) is 16.8. The van der Waals surface area contributed by atoms with E-state index in [2.05, 4.69) is 0 Å². The Kier molecular flexibility index (Phi) is 5.41. The van der Waals surface area contributed by atoms with Crippen LogP contribution in [0.15, 0.2) is 36.4 Å². The van der Waals surface area contributed by atoms with E-state index in [1.807, 2.05) is 0 Å². The first-order valence-corrected chi connectivity index (χ1v) is 6.81. The van der Waals surface area contributed by atoms with Crippen LogP contribution in [0, 0.1) is 5.82 Å². The van der Waals surface area contributed by atoms with Crippen LogP contribution < -0.4 is 14.2 Å². The van der Waals surface area contributed by atoms with Crippen LogP contribution in [-0.2, 0) is 11.3 Å². The van der Waals surface area contributed by atoms with Gasteiger partial charge in [0.25, 0.3) is 0 Å². The summed E-state index contributed by atoms with van der Waals surface area (Å²) >= 11 is 0. The van der Waals surface area contributed by atoms with Crippen LogP contribution in [0.2, 0.25) is 0 Å². The van der Waals surface area contributed by atoms with Crippen molar-refractivity contribution in [3.05, 3.63) is 53.3 Å². The molecule has 0 unspecified atom stereocenters. The van der Waals surface area contributed by atoms with Gasteiger partial charge in [0.05, 0.1) is 26.9 Å². The smallest absolute Gasteiger partial charge is 0.341 e. The molecule has 5 nitrogen and oxygen atoms in total. The van der Waals surface area contributed by atoms with Gasteiger partial charge < -0.3 is 18.9 Å². The maximum Gasteiger partial charge on any atom is 0.341 e. The average Bonchev–Trinajstić information content (AvgIpc) is 2.58. The van der Waals surface area contributed by atoms with Crippen molar-refractivity contribution in [2.24, 2.45) is 0 Å². The van der Waals surface area contributed by atoms with Crippen molar-refractivity contribution in [3.63, 3.8) is 0 Å². The minimum absolute atomic E-state index is 0.0517. The third kappa shape index (κ3) is 3.71. The minimum Gasteiger partial charge on any atom is -0.493 e. The van der Waals surface area contributed by atoms with Crippen molar-refractivity contribution in [1.82, 2.24) is 0 Å². The van der Waals surface area contributed by atoms with E-state index in [0.29, 0.717) is 22.8 Å². The first-order valence-electron chi connectivity index (χ1n) is 6.81. The van der Waals surface area contributed by atoms with Gasteiger partial charge in [0.15, 0.2) is 11.5 Å². The lowest BCUT2D eigenvalue weighted by Crippen LogP contribution is -2.08. The van der Waals surface area contributed by atoms with E-state index in [-0.39, 0.29) is 12.2 Å². The van der Waals surface area contributed by atoms with Gasteiger partial charge in [-0.15, -0.1) is 0 Å². The predicted molar refractivity (Wildman–Crippen MR) is 81.6 cm³/mol. The first-order chi connectivity index (χ1) is 11.1. The monoisotopic (exact) mass is 320 g/mol. The van der Waals surface area contributed by atoms with Gasteiger partial charge in [-0.2, -0.15) is 0 Å². The first kappa shape index (κ1) is 16.6. The molecule has 0 aromatic heterocycles. The number of hydrogen-bond acceptors (Lipinski definition) is 5. The molecule has 0 aliphatic rings. The molecular formula is C17H17FO5. The molecule has 0 aliphatic heterocycles. The molecule has 0 aliphatic carbocycles. The van der Waals surface area contributed by atoms with Crippen LogP contribution in [0.3, 0.4) is 0 Å². The maximum absolute atomic E-state index is 13.5. The van der Waals surface area contributed by atoms with Gasteiger partial charge in [0.2, 0.25) is 5.75 Å². The highest BCUT2D eigenvalue weighted by molar-refractivity contribution is 5.89. The van der Waals surface area contributed by atoms with Crippen molar-refractivity contribution < 1.29 is 28.1 Å². The zero-order valence-electron chi connectivity index (χ0n) is 13.1. The lowest BCUT2D eigenvalue weighted by Gasteiger charge is -2.14. The van der Waals surface area contributed by atoms with Crippen molar-refractivity contribution in [1.29, 1.82) is 0 Å². The Morgan fingerprint density at radius 1 is 1.00 bits per heavy atom. The number of hydrogen-bond donors (Lipinski definition) is 0. The Hall–Kier alpha value is -2.76. The Morgan fingerprint density at radius 2 is 1.61 bits per heavy atom. The summed E-state index contributed by atoms with van der Waals surface area (Å²) in [5.74, 6) is -0.0222. The number of methoxy groups -OCH3 is 3.